The summed E-state index contributed by atoms with van der Waals surface area (Å²) in [5.74, 6) is 1.67. The summed E-state index contributed by atoms with van der Waals surface area (Å²) in [5.41, 5.74) is 0.858. The first-order valence-corrected chi connectivity index (χ1v) is 7.39. The Hall–Kier alpha value is -1.73. The molecular formula is C14H21N5O2. The van der Waals surface area contributed by atoms with E-state index in [0.717, 1.165) is 35.5 Å². The average molecular weight is 291 g/mol. The number of nitrogens with one attached hydrogen (secondary N) is 1. The molecule has 21 heavy (non-hydrogen) atoms. The third kappa shape index (κ3) is 3.14. The molecule has 0 radical (unpaired) electrons. The summed E-state index contributed by atoms with van der Waals surface area (Å²) in [5, 5.41) is 8.57. The van der Waals surface area contributed by atoms with Crippen molar-refractivity contribution in [3.05, 3.63) is 12.0 Å². The number of anilines is 1. The smallest absolute Gasteiger partial charge is 0.163 e. The van der Waals surface area contributed by atoms with Crippen LogP contribution >= 0.6 is 0 Å². The van der Waals surface area contributed by atoms with Gasteiger partial charge in [0.05, 0.1) is 37.5 Å². The minimum atomic E-state index is 0.0649. The lowest BCUT2D eigenvalue weighted by molar-refractivity contribution is -0.0819. The first-order valence-electron chi connectivity index (χ1n) is 7.39. The van der Waals surface area contributed by atoms with Crippen LogP contribution in [0.1, 0.15) is 19.2 Å². The molecule has 3 heterocycles. The minimum absolute atomic E-state index is 0.0649. The lowest BCUT2D eigenvalue weighted by Crippen LogP contribution is -2.34. The van der Waals surface area contributed by atoms with Crippen molar-refractivity contribution >= 4 is 16.9 Å². The van der Waals surface area contributed by atoms with Gasteiger partial charge in [-0.15, -0.1) is 0 Å². The van der Waals surface area contributed by atoms with Crippen LogP contribution in [0.2, 0.25) is 0 Å². The van der Waals surface area contributed by atoms with Crippen molar-refractivity contribution in [1.29, 1.82) is 0 Å². The van der Waals surface area contributed by atoms with Gasteiger partial charge in [-0.2, -0.15) is 5.10 Å². The van der Waals surface area contributed by atoms with E-state index in [1.54, 1.807) is 10.9 Å². The third-order valence-corrected chi connectivity index (χ3v) is 3.49. The van der Waals surface area contributed by atoms with Crippen molar-refractivity contribution in [3.8, 4) is 0 Å². The summed E-state index contributed by atoms with van der Waals surface area (Å²) < 4.78 is 12.8. The van der Waals surface area contributed by atoms with Gasteiger partial charge in [-0.05, 0) is 6.42 Å². The average Bonchev–Trinajstić information content (AvgIpc) is 2.88. The Balaban J connectivity index is 1.81. The second-order valence-electron chi connectivity index (χ2n) is 5.19. The normalized spacial score (nSPS) is 19.0. The summed E-state index contributed by atoms with van der Waals surface area (Å²) in [6.45, 7) is 4.75. The van der Waals surface area contributed by atoms with Gasteiger partial charge in [0.15, 0.2) is 5.65 Å². The van der Waals surface area contributed by atoms with Crippen molar-refractivity contribution in [2.24, 2.45) is 7.05 Å². The molecule has 1 fully saturated rings. The predicted molar refractivity (Wildman–Crippen MR) is 79.3 cm³/mol. The summed E-state index contributed by atoms with van der Waals surface area (Å²) in [4.78, 5) is 9.19. The number of rotatable bonds is 5. The van der Waals surface area contributed by atoms with Crippen molar-refractivity contribution in [2.45, 2.75) is 25.9 Å². The molecule has 0 aliphatic carbocycles. The molecule has 0 spiro atoms. The largest absolute Gasteiger partial charge is 0.376 e. The van der Waals surface area contributed by atoms with Crippen LogP contribution in [0, 0.1) is 0 Å². The fraction of sp³-hybridized carbons (Fsp3) is 0.643. The quantitative estimate of drug-likeness (QED) is 0.890. The van der Waals surface area contributed by atoms with E-state index in [1.807, 2.05) is 7.05 Å². The Morgan fingerprint density at radius 2 is 2.29 bits per heavy atom. The van der Waals surface area contributed by atoms with E-state index in [9.17, 15) is 0 Å². The summed E-state index contributed by atoms with van der Waals surface area (Å²) in [7, 11) is 1.90. The third-order valence-electron chi connectivity index (χ3n) is 3.49. The fourth-order valence-electron chi connectivity index (χ4n) is 2.40. The zero-order valence-electron chi connectivity index (χ0n) is 12.5. The van der Waals surface area contributed by atoms with Gasteiger partial charge in [0, 0.05) is 20.0 Å². The number of fused-ring (bicyclic) bond motifs is 1. The second-order valence-corrected chi connectivity index (χ2v) is 5.19. The highest BCUT2D eigenvalue weighted by Crippen LogP contribution is 2.20. The Morgan fingerprint density at radius 3 is 3.05 bits per heavy atom. The van der Waals surface area contributed by atoms with E-state index in [1.165, 1.54) is 0 Å². The minimum Gasteiger partial charge on any atom is -0.376 e. The van der Waals surface area contributed by atoms with E-state index in [0.29, 0.717) is 26.4 Å². The van der Waals surface area contributed by atoms with E-state index >= 15 is 0 Å². The predicted octanol–water partition coefficient (Wildman–Crippen LogP) is 1.14. The van der Waals surface area contributed by atoms with E-state index in [-0.39, 0.29) is 6.10 Å². The Bertz CT molecular complexity index is 607. The summed E-state index contributed by atoms with van der Waals surface area (Å²) in [6, 6.07) is 0. The molecule has 7 heteroatoms. The van der Waals surface area contributed by atoms with E-state index in [2.05, 4.69) is 27.3 Å². The molecule has 1 saturated heterocycles. The summed E-state index contributed by atoms with van der Waals surface area (Å²) >= 11 is 0. The summed E-state index contributed by atoms with van der Waals surface area (Å²) in [6.07, 6.45) is 3.74. The Kier molecular flexibility index (Phi) is 4.31. The van der Waals surface area contributed by atoms with Gasteiger partial charge in [0.1, 0.15) is 11.6 Å². The monoisotopic (exact) mass is 291 g/mol. The van der Waals surface area contributed by atoms with Crippen molar-refractivity contribution in [2.75, 3.05) is 31.7 Å². The standard InChI is InChI=1S/C14H21N5O2/c1-3-4-12-17-13(11-8-16-19(2)14(11)18-12)15-7-10-9-20-5-6-21-10/h8,10H,3-7,9H2,1-2H3,(H,15,17,18). The van der Waals surface area contributed by atoms with Crippen molar-refractivity contribution < 1.29 is 9.47 Å². The maximum absolute atomic E-state index is 5.64. The zero-order valence-corrected chi connectivity index (χ0v) is 12.5. The van der Waals surface area contributed by atoms with Crippen LogP contribution in [-0.4, -0.2) is 52.2 Å². The molecule has 1 aliphatic heterocycles. The number of aromatic nitrogens is 4. The van der Waals surface area contributed by atoms with Gasteiger partial charge in [-0.3, -0.25) is 4.68 Å². The molecule has 2 aromatic rings. The zero-order chi connectivity index (χ0) is 14.7. The SMILES string of the molecule is CCCc1nc(NCC2COCCO2)c2cnn(C)c2n1. The first-order chi connectivity index (χ1) is 10.3. The molecular weight excluding hydrogens is 270 g/mol. The van der Waals surface area contributed by atoms with Crippen LogP contribution < -0.4 is 5.32 Å². The Morgan fingerprint density at radius 1 is 1.38 bits per heavy atom. The number of aryl methyl sites for hydroxylation is 2. The van der Waals surface area contributed by atoms with Crippen LogP contribution in [0.4, 0.5) is 5.82 Å². The highest BCUT2D eigenvalue weighted by molar-refractivity contribution is 5.86. The molecule has 114 valence electrons. The molecule has 0 aromatic carbocycles. The lowest BCUT2D eigenvalue weighted by atomic mass is 10.3. The van der Waals surface area contributed by atoms with E-state index in [4.69, 9.17) is 9.47 Å². The molecule has 1 N–H and O–H groups in total. The molecule has 1 atom stereocenters. The highest BCUT2D eigenvalue weighted by atomic mass is 16.6. The van der Waals surface area contributed by atoms with Crippen LogP contribution in [-0.2, 0) is 22.9 Å². The van der Waals surface area contributed by atoms with Gasteiger partial charge in [0.25, 0.3) is 0 Å². The maximum Gasteiger partial charge on any atom is 0.163 e. The van der Waals surface area contributed by atoms with Crippen LogP contribution in [0.25, 0.3) is 11.0 Å². The molecule has 3 rings (SSSR count). The van der Waals surface area contributed by atoms with Gasteiger partial charge in [-0.25, -0.2) is 9.97 Å². The molecule has 1 aliphatic rings. The van der Waals surface area contributed by atoms with Gasteiger partial charge in [0.2, 0.25) is 0 Å². The van der Waals surface area contributed by atoms with Crippen molar-refractivity contribution in [1.82, 2.24) is 19.7 Å². The number of nitrogens with zero attached hydrogens (tertiary/aromatic N) is 4. The maximum atomic E-state index is 5.64. The molecule has 2 aromatic heterocycles. The highest BCUT2D eigenvalue weighted by Gasteiger charge is 2.16. The second kappa shape index (κ2) is 6.36. The molecule has 0 saturated carbocycles. The number of ether oxygens (including phenoxy) is 2. The molecule has 0 amide bonds. The van der Waals surface area contributed by atoms with Gasteiger partial charge >= 0.3 is 0 Å². The topological polar surface area (TPSA) is 74.1 Å². The molecule has 7 nitrogen and oxygen atoms in total. The number of hydrogen-bond donors (Lipinski definition) is 1. The fourth-order valence-corrected chi connectivity index (χ4v) is 2.40. The van der Waals surface area contributed by atoms with Crippen molar-refractivity contribution in [3.63, 3.8) is 0 Å². The van der Waals surface area contributed by atoms with Crippen LogP contribution in [0.5, 0.6) is 0 Å². The molecule has 1 unspecified atom stereocenters. The Labute approximate surface area is 123 Å². The van der Waals surface area contributed by atoms with Crippen LogP contribution in [0.3, 0.4) is 0 Å². The number of hydrogen-bond acceptors (Lipinski definition) is 6. The van der Waals surface area contributed by atoms with Gasteiger partial charge < -0.3 is 14.8 Å². The molecule has 0 bridgehead atoms. The van der Waals surface area contributed by atoms with E-state index < -0.39 is 0 Å². The van der Waals surface area contributed by atoms with Crippen LogP contribution in [0.15, 0.2) is 6.20 Å². The first kappa shape index (κ1) is 14.2. The van der Waals surface area contributed by atoms with Gasteiger partial charge in [-0.1, -0.05) is 6.92 Å². The lowest BCUT2D eigenvalue weighted by Gasteiger charge is -2.23.